The number of carbonyl (C=O) groups excluding carboxylic acids is 1. The van der Waals surface area contributed by atoms with Crippen LogP contribution in [-0.2, 0) is 14.6 Å². The molecule has 0 bridgehead atoms. The minimum Gasteiger partial charge on any atom is -0.335 e. The second kappa shape index (κ2) is 7.46. The number of piperidine rings is 1. The molecule has 2 fully saturated rings. The second-order valence-corrected chi connectivity index (χ2v) is 9.68. The van der Waals surface area contributed by atoms with Crippen molar-refractivity contribution in [2.45, 2.75) is 61.6 Å². The Labute approximate surface area is 150 Å². The van der Waals surface area contributed by atoms with Gasteiger partial charge in [0.1, 0.15) is 0 Å². The van der Waals surface area contributed by atoms with E-state index < -0.39 is 14.7 Å². The van der Waals surface area contributed by atoms with Crippen LogP contribution in [0, 0.1) is 12.8 Å². The Kier molecular flexibility index (Phi) is 5.49. The third-order valence-corrected chi connectivity index (χ3v) is 7.89. The lowest BCUT2D eigenvalue weighted by Crippen LogP contribution is -2.63. The number of carbonyl (C=O) groups is 1. The molecule has 0 aromatic heterocycles. The zero-order chi connectivity index (χ0) is 17.9. The van der Waals surface area contributed by atoms with Gasteiger partial charge >= 0.3 is 0 Å². The van der Waals surface area contributed by atoms with Crippen LogP contribution in [0.25, 0.3) is 0 Å². The second-order valence-electron chi connectivity index (χ2n) is 7.42. The summed E-state index contributed by atoms with van der Waals surface area (Å²) >= 11 is 0. The molecule has 1 heterocycles. The topological polar surface area (TPSA) is 75.3 Å². The van der Waals surface area contributed by atoms with Gasteiger partial charge in [0, 0.05) is 12.5 Å². The molecule has 5 nitrogen and oxygen atoms in total. The van der Waals surface area contributed by atoms with E-state index in [-0.39, 0.29) is 23.3 Å². The maximum Gasteiger partial charge on any atom is 0.224 e. The van der Waals surface area contributed by atoms with E-state index in [9.17, 15) is 13.2 Å². The summed E-state index contributed by atoms with van der Waals surface area (Å²) in [6.45, 7) is 2.98. The molecule has 2 aliphatic rings. The summed E-state index contributed by atoms with van der Waals surface area (Å²) in [4.78, 5) is 11.8. The molecule has 3 rings (SSSR count). The Balaban J connectivity index is 1.89. The van der Waals surface area contributed by atoms with Crippen molar-refractivity contribution in [3.63, 3.8) is 0 Å². The Morgan fingerprint density at radius 1 is 1.12 bits per heavy atom. The molecule has 0 spiro atoms. The first-order valence-corrected chi connectivity index (χ1v) is 10.8. The third-order valence-electron chi connectivity index (χ3n) is 5.52. The lowest BCUT2D eigenvalue weighted by atomic mass is 9.88. The van der Waals surface area contributed by atoms with E-state index in [1.165, 1.54) is 0 Å². The molecule has 0 unspecified atom stereocenters. The molecular weight excluding hydrogens is 336 g/mol. The van der Waals surface area contributed by atoms with Crippen molar-refractivity contribution in [3.05, 3.63) is 29.8 Å². The van der Waals surface area contributed by atoms with Gasteiger partial charge in [0.2, 0.25) is 15.7 Å². The van der Waals surface area contributed by atoms with E-state index in [0.717, 1.165) is 50.6 Å². The first kappa shape index (κ1) is 18.4. The van der Waals surface area contributed by atoms with Gasteiger partial charge in [-0.25, -0.2) is 8.42 Å². The smallest absolute Gasteiger partial charge is 0.224 e. The Hall–Kier alpha value is -1.40. The average molecular weight is 365 g/mol. The highest BCUT2D eigenvalue weighted by molar-refractivity contribution is 7.92. The van der Waals surface area contributed by atoms with Crippen molar-refractivity contribution in [2.75, 3.05) is 13.1 Å². The van der Waals surface area contributed by atoms with E-state index in [0.29, 0.717) is 6.42 Å². The maximum absolute atomic E-state index is 13.4. The Morgan fingerprint density at radius 3 is 2.40 bits per heavy atom. The fourth-order valence-corrected chi connectivity index (χ4v) is 5.80. The summed E-state index contributed by atoms with van der Waals surface area (Å²) in [7, 11) is -3.67. The quantitative estimate of drug-likeness (QED) is 0.861. The predicted octanol–water partition coefficient (Wildman–Crippen LogP) is 2.54. The fraction of sp³-hybridized carbons (Fsp3) is 0.632. The molecule has 2 N–H and O–H groups in total. The van der Waals surface area contributed by atoms with Gasteiger partial charge < -0.3 is 10.6 Å². The molecule has 1 saturated carbocycles. The lowest BCUT2D eigenvalue weighted by Gasteiger charge is -2.39. The molecule has 1 amide bonds. The van der Waals surface area contributed by atoms with Crippen LogP contribution < -0.4 is 10.6 Å². The van der Waals surface area contributed by atoms with E-state index >= 15 is 0 Å². The van der Waals surface area contributed by atoms with Crippen LogP contribution in [0.1, 0.15) is 50.5 Å². The maximum atomic E-state index is 13.4. The fourth-order valence-electron chi connectivity index (χ4n) is 3.92. The van der Waals surface area contributed by atoms with Crippen molar-refractivity contribution in [1.82, 2.24) is 10.6 Å². The number of aryl methyl sites for hydroxylation is 1. The van der Waals surface area contributed by atoms with Gasteiger partial charge in [0.25, 0.3) is 0 Å². The number of rotatable bonds is 4. The summed E-state index contributed by atoms with van der Waals surface area (Å²) in [5.74, 6) is -0.153. The van der Waals surface area contributed by atoms with Crippen molar-refractivity contribution in [3.8, 4) is 0 Å². The van der Waals surface area contributed by atoms with Gasteiger partial charge in [-0.1, -0.05) is 37.0 Å². The summed E-state index contributed by atoms with van der Waals surface area (Å²) in [6.07, 6.45) is 6.17. The van der Waals surface area contributed by atoms with Gasteiger partial charge in [-0.2, -0.15) is 0 Å². The van der Waals surface area contributed by atoms with Gasteiger partial charge in [-0.15, -0.1) is 0 Å². The van der Waals surface area contributed by atoms with Gasteiger partial charge in [-0.05, 0) is 51.3 Å². The van der Waals surface area contributed by atoms with Crippen LogP contribution in [0.15, 0.2) is 29.2 Å². The first-order valence-electron chi connectivity index (χ1n) is 9.29. The van der Waals surface area contributed by atoms with Crippen LogP contribution in [0.4, 0.5) is 0 Å². The zero-order valence-electron chi connectivity index (χ0n) is 14.9. The predicted molar refractivity (Wildman–Crippen MR) is 97.9 cm³/mol. The van der Waals surface area contributed by atoms with E-state index in [4.69, 9.17) is 0 Å². The highest BCUT2D eigenvalue weighted by Crippen LogP contribution is 2.32. The summed E-state index contributed by atoms with van der Waals surface area (Å²) < 4.78 is 26.8. The van der Waals surface area contributed by atoms with Crippen LogP contribution >= 0.6 is 0 Å². The largest absolute Gasteiger partial charge is 0.335 e. The lowest BCUT2D eigenvalue weighted by molar-refractivity contribution is -0.127. The van der Waals surface area contributed by atoms with Crippen LogP contribution in [-0.4, -0.2) is 32.3 Å². The highest BCUT2D eigenvalue weighted by atomic mass is 32.2. The molecule has 0 radical (unpaired) electrons. The van der Waals surface area contributed by atoms with Gasteiger partial charge in [0.15, 0.2) is 4.87 Å². The van der Waals surface area contributed by atoms with E-state index in [2.05, 4.69) is 10.6 Å². The minimum atomic E-state index is -3.67. The summed E-state index contributed by atoms with van der Waals surface area (Å²) in [5.41, 5.74) is 1.01. The third kappa shape index (κ3) is 3.75. The molecule has 1 aliphatic heterocycles. The van der Waals surface area contributed by atoms with Crippen LogP contribution in [0.3, 0.4) is 0 Å². The summed E-state index contributed by atoms with van der Waals surface area (Å²) in [6, 6.07) is 6.90. The van der Waals surface area contributed by atoms with Crippen LogP contribution in [0.5, 0.6) is 0 Å². The number of amides is 1. The number of benzene rings is 1. The standard InChI is InChI=1S/C19H28N2O3S/c1-15-8-10-17(11-9-15)25(23,24)19(12-5-13-20-14-19)21-18(22)16-6-3-2-4-7-16/h8-11,16,20H,2-7,12-14H2,1H3,(H,21,22)/t19-/m0/s1. The number of hydrogen-bond donors (Lipinski definition) is 2. The number of nitrogens with one attached hydrogen (secondary N) is 2. The molecule has 138 valence electrons. The minimum absolute atomic E-state index is 0.0548. The molecule has 1 atom stereocenters. The monoisotopic (exact) mass is 364 g/mol. The zero-order valence-corrected chi connectivity index (χ0v) is 15.7. The SMILES string of the molecule is Cc1ccc(S(=O)(=O)[C@@]2(NC(=O)C3CCCCC3)CCCNC2)cc1. The van der Waals surface area contributed by atoms with E-state index in [1.54, 1.807) is 24.3 Å². The normalized spacial score (nSPS) is 25.5. The molecule has 1 saturated heterocycles. The molecule has 1 aliphatic carbocycles. The molecule has 1 aromatic carbocycles. The highest BCUT2D eigenvalue weighted by Gasteiger charge is 2.47. The number of sulfone groups is 1. The Morgan fingerprint density at radius 2 is 1.80 bits per heavy atom. The van der Waals surface area contributed by atoms with Gasteiger partial charge in [-0.3, -0.25) is 4.79 Å². The van der Waals surface area contributed by atoms with Crippen molar-refractivity contribution < 1.29 is 13.2 Å². The van der Waals surface area contributed by atoms with E-state index in [1.807, 2.05) is 6.92 Å². The summed E-state index contributed by atoms with van der Waals surface area (Å²) in [5, 5.41) is 6.14. The first-order chi connectivity index (χ1) is 11.9. The van der Waals surface area contributed by atoms with Crippen LogP contribution in [0.2, 0.25) is 0 Å². The molecule has 1 aromatic rings. The molecule has 25 heavy (non-hydrogen) atoms. The number of hydrogen-bond acceptors (Lipinski definition) is 4. The molecular formula is C19H28N2O3S. The van der Waals surface area contributed by atoms with Crippen molar-refractivity contribution in [2.24, 2.45) is 5.92 Å². The van der Waals surface area contributed by atoms with Crippen molar-refractivity contribution >= 4 is 15.7 Å². The average Bonchev–Trinajstić information content (AvgIpc) is 2.63. The van der Waals surface area contributed by atoms with Crippen molar-refractivity contribution in [1.29, 1.82) is 0 Å². The van der Waals surface area contributed by atoms with Gasteiger partial charge in [0.05, 0.1) is 4.90 Å². The Bertz CT molecular complexity index is 701. The molecule has 6 heteroatoms.